The molecule has 20 heavy (non-hydrogen) atoms. The van der Waals surface area contributed by atoms with Crippen molar-refractivity contribution >= 4 is 17.0 Å². The van der Waals surface area contributed by atoms with E-state index in [0.717, 1.165) is 38.2 Å². The van der Waals surface area contributed by atoms with Crippen LogP contribution in [-0.4, -0.2) is 16.4 Å². The third kappa shape index (κ3) is 2.86. The number of fused-ring (bicyclic) bond motifs is 1. The Bertz CT molecular complexity index is 591. The molecule has 2 N–H and O–H groups in total. The van der Waals surface area contributed by atoms with Crippen molar-refractivity contribution in [1.82, 2.24) is 9.88 Å². The monoisotopic (exact) mass is 287 g/mol. The minimum atomic E-state index is 0.928. The number of hydrogen-bond acceptors (Lipinski definition) is 4. The van der Waals surface area contributed by atoms with E-state index in [1.165, 1.54) is 28.2 Å². The summed E-state index contributed by atoms with van der Waals surface area (Å²) in [5.41, 5.74) is 10.9. The predicted octanol–water partition coefficient (Wildman–Crippen LogP) is 3.24. The fraction of sp³-hybridized carbons (Fsp3) is 0.438. The van der Waals surface area contributed by atoms with Gasteiger partial charge in [-0.25, -0.2) is 4.98 Å². The fourth-order valence-electron chi connectivity index (χ4n) is 2.78. The van der Waals surface area contributed by atoms with E-state index in [1.54, 1.807) is 11.3 Å². The van der Waals surface area contributed by atoms with Crippen molar-refractivity contribution in [3.05, 3.63) is 45.4 Å². The van der Waals surface area contributed by atoms with Crippen LogP contribution in [0.2, 0.25) is 0 Å². The lowest BCUT2D eigenvalue weighted by Crippen LogP contribution is -2.30. The molecular formula is C16H21N3S. The number of nitrogens with two attached hydrogens (primary N) is 1. The average Bonchev–Trinajstić information content (AvgIpc) is 2.88. The number of rotatable bonds is 4. The first-order chi connectivity index (χ1) is 9.76. The molecule has 2 aromatic rings. The largest absolute Gasteiger partial charge is 0.398 e. The number of aromatic nitrogens is 1. The summed E-state index contributed by atoms with van der Waals surface area (Å²) in [5, 5.41) is 3.47. The molecule has 3 rings (SSSR count). The lowest BCUT2D eigenvalue weighted by molar-refractivity contribution is 0.243. The van der Waals surface area contributed by atoms with Crippen molar-refractivity contribution in [3.63, 3.8) is 0 Å². The molecule has 106 valence electrons. The van der Waals surface area contributed by atoms with Gasteiger partial charge in [0.1, 0.15) is 0 Å². The molecule has 0 bridgehead atoms. The van der Waals surface area contributed by atoms with E-state index in [2.05, 4.69) is 29.3 Å². The molecule has 3 nitrogen and oxygen atoms in total. The Morgan fingerprint density at radius 2 is 2.30 bits per heavy atom. The predicted molar refractivity (Wildman–Crippen MR) is 84.8 cm³/mol. The zero-order valence-electron chi connectivity index (χ0n) is 11.9. The van der Waals surface area contributed by atoms with Crippen molar-refractivity contribution in [2.75, 3.05) is 12.3 Å². The van der Waals surface area contributed by atoms with Gasteiger partial charge in [-0.1, -0.05) is 19.1 Å². The van der Waals surface area contributed by atoms with Gasteiger partial charge < -0.3 is 5.73 Å². The molecule has 1 aliphatic heterocycles. The quantitative estimate of drug-likeness (QED) is 0.878. The first-order valence-electron chi connectivity index (χ1n) is 7.28. The van der Waals surface area contributed by atoms with Gasteiger partial charge in [0.25, 0.3) is 0 Å². The molecule has 0 unspecified atom stereocenters. The zero-order chi connectivity index (χ0) is 13.9. The van der Waals surface area contributed by atoms with E-state index in [-0.39, 0.29) is 0 Å². The Hall–Kier alpha value is -1.39. The summed E-state index contributed by atoms with van der Waals surface area (Å²) in [7, 11) is 0. The molecule has 0 aliphatic carbocycles. The van der Waals surface area contributed by atoms with Crippen LogP contribution in [0.25, 0.3) is 0 Å². The molecule has 0 spiro atoms. The summed E-state index contributed by atoms with van der Waals surface area (Å²) in [5.74, 6) is 0. The van der Waals surface area contributed by atoms with Gasteiger partial charge in [-0.15, -0.1) is 11.3 Å². The van der Waals surface area contributed by atoms with Crippen LogP contribution in [-0.2, 0) is 25.9 Å². The van der Waals surface area contributed by atoms with Gasteiger partial charge >= 0.3 is 0 Å². The van der Waals surface area contributed by atoms with Gasteiger partial charge in [-0.2, -0.15) is 0 Å². The summed E-state index contributed by atoms with van der Waals surface area (Å²) >= 11 is 1.79. The minimum Gasteiger partial charge on any atom is -0.398 e. The molecule has 4 heteroatoms. The van der Waals surface area contributed by atoms with Crippen LogP contribution >= 0.6 is 11.3 Å². The molecule has 0 amide bonds. The van der Waals surface area contributed by atoms with Crippen molar-refractivity contribution in [2.45, 2.75) is 39.3 Å². The summed E-state index contributed by atoms with van der Waals surface area (Å²) in [6.07, 6.45) is 3.35. The second kappa shape index (κ2) is 5.94. The summed E-state index contributed by atoms with van der Waals surface area (Å²) in [4.78, 5) is 7.17. The first kappa shape index (κ1) is 13.6. The molecule has 0 fully saturated rings. The van der Waals surface area contributed by atoms with Crippen molar-refractivity contribution < 1.29 is 0 Å². The molecule has 0 saturated carbocycles. The standard InChI is InChI=1S/C16H21N3S/c1-2-4-16-18-13(11-20-16)9-19-8-7-12-5-3-6-15(17)14(12)10-19/h3,5-6,11H,2,4,7-10,17H2,1H3. The third-order valence-corrected chi connectivity index (χ3v) is 4.79. The van der Waals surface area contributed by atoms with E-state index < -0.39 is 0 Å². The Morgan fingerprint density at radius 1 is 1.40 bits per heavy atom. The van der Waals surface area contributed by atoms with Crippen LogP contribution in [0.15, 0.2) is 23.6 Å². The second-order valence-corrected chi connectivity index (χ2v) is 6.37. The Kier molecular flexibility index (Phi) is 4.03. The topological polar surface area (TPSA) is 42.2 Å². The van der Waals surface area contributed by atoms with E-state index >= 15 is 0 Å². The van der Waals surface area contributed by atoms with Crippen LogP contribution in [0.5, 0.6) is 0 Å². The van der Waals surface area contributed by atoms with E-state index in [0.29, 0.717) is 0 Å². The van der Waals surface area contributed by atoms with Gasteiger partial charge in [-0.05, 0) is 36.5 Å². The molecule has 1 aromatic carbocycles. The fourth-order valence-corrected chi connectivity index (χ4v) is 3.67. The van der Waals surface area contributed by atoms with Crippen LogP contribution in [0.3, 0.4) is 0 Å². The van der Waals surface area contributed by atoms with Crippen LogP contribution in [0.4, 0.5) is 5.69 Å². The number of nitrogen functional groups attached to an aromatic ring is 1. The van der Waals surface area contributed by atoms with Crippen LogP contribution < -0.4 is 5.73 Å². The molecule has 0 radical (unpaired) electrons. The number of benzene rings is 1. The van der Waals surface area contributed by atoms with Gasteiger partial charge in [0.15, 0.2) is 0 Å². The Balaban J connectivity index is 1.69. The molecule has 0 saturated heterocycles. The minimum absolute atomic E-state index is 0.928. The second-order valence-electron chi connectivity index (χ2n) is 5.43. The molecule has 1 aliphatic rings. The Labute approximate surface area is 124 Å². The number of thiazole rings is 1. The molecular weight excluding hydrogens is 266 g/mol. The highest BCUT2D eigenvalue weighted by Crippen LogP contribution is 2.25. The average molecular weight is 287 g/mol. The van der Waals surface area contributed by atoms with Gasteiger partial charge in [0, 0.05) is 30.7 Å². The maximum absolute atomic E-state index is 6.10. The maximum Gasteiger partial charge on any atom is 0.0928 e. The SMILES string of the molecule is CCCc1nc(CN2CCc3cccc(N)c3C2)cs1. The Morgan fingerprint density at radius 3 is 3.15 bits per heavy atom. The molecule has 0 atom stereocenters. The summed E-state index contributed by atoms with van der Waals surface area (Å²) < 4.78 is 0. The van der Waals surface area contributed by atoms with E-state index in [9.17, 15) is 0 Å². The normalized spacial score (nSPS) is 15.2. The molecule has 1 aromatic heterocycles. The number of hydrogen-bond donors (Lipinski definition) is 1. The van der Waals surface area contributed by atoms with Gasteiger partial charge in [0.2, 0.25) is 0 Å². The third-order valence-electron chi connectivity index (χ3n) is 3.84. The van der Waals surface area contributed by atoms with Crippen LogP contribution in [0, 0.1) is 0 Å². The van der Waals surface area contributed by atoms with E-state index in [4.69, 9.17) is 10.7 Å². The highest BCUT2D eigenvalue weighted by molar-refractivity contribution is 7.09. The highest BCUT2D eigenvalue weighted by atomic mass is 32.1. The molecule has 2 heterocycles. The number of anilines is 1. The maximum atomic E-state index is 6.10. The van der Waals surface area contributed by atoms with Crippen molar-refractivity contribution in [2.24, 2.45) is 0 Å². The van der Waals surface area contributed by atoms with Gasteiger partial charge in [0.05, 0.1) is 10.7 Å². The highest BCUT2D eigenvalue weighted by Gasteiger charge is 2.18. The van der Waals surface area contributed by atoms with Gasteiger partial charge in [-0.3, -0.25) is 4.90 Å². The lowest BCUT2D eigenvalue weighted by atomic mass is 9.98. The number of aryl methyl sites for hydroxylation is 1. The smallest absolute Gasteiger partial charge is 0.0928 e. The summed E-state index contributed by atoms with van der Waals surface area (Å²) in [6.45, 7) is 5.18. The van der Waals surface area contributed by atoms with Crippen molar-refractivity contribution in [1.29, 1.82) is 0 Å². The van der Waals surface area contributed by atoms with Crippen molar-refractivity contribution in [3.8, 4) is 0 Å². The van der Waals surface area contributed by atoms with E-state index in [1.807, 2.05) is 6.07 Å². The van der Waals surface area contributed by atoms with Crippen LogP contribution in [0.1, 0.15) is 35.2 Å². The number of nitrogens with zero attached hydrogens (tertiary/aromatic N) is 2. The lowest BCUT2D eigenvalue weighted by Gasteiger charge is -2.29. The summed E-state index contributed by atoms with van der Waals surface area (Å²) in [6, 6.07) is 6.26. The zero-order valence-corrected chi connectivity index (χ0v) is 12.7. The first-order valence-corrected chi connectivity index (χ1v) is 8.16.